The van der Waals surface area contributed by atoms with Crippen molar-refractivity contribution in [3.63, 3.8) is 0 Å². The van der Waals surface area contributed by atoms with Crippen LogP contribution in [0.4, 0.5) is 0 Å². The van der Waals surface area contributed by atoms with Gasteiger partial charge in [0, 0.05) is 42.6 Å². The number of rotatable bonds is 9. The molecule has 3 aliphatic rings. The van der Waals surface area contributed by atoms with Gasteiger partial charge in [-0.05, 0) is 114 Å². The number of carbonyl (C=O) groups is 2. The summed E-state index contributed by atoms with van der Waals surface area (Å²) in [5.74, 6) is 1.68. The fourth-order valence-electron chi connectivity index (χ4n) is 8.14. The van der Waals surface area contributed by atoms with Crippen LogP contribution >= 0.6 is 0 Å². The Balaban J connectivity index is 1.15. The highest BCUT2D eigenvalue weighted by atomic mass is 16.7. The summed E-state index contributed by atoms with van der Waals surface area (Å²) in [6, 6.07) is 15.8. The maximum Gasteiger partial charge on any atom is 0.306 e. The first-order valence-corrected chi connectivity index (χ1v) is 18.6. The zero-order chi connectivity index (χ0) is 36.8. The van der Waals surface area contributed by atoms with Gasteiger partial charge in [0.15, 0.2) is 11.5 Å². The summed E-state index contributed by atoms with van der Waals surface area (Å²) in [5.41, 5.74) is 6.48. The molecule has 274 valence electrons. The lowest BCUT2D eigenvalue weighted by Crippen LogP contribution is -2.45. The van der Waals surface area contributed by atoms with Crippen molar-refractivity contribution in [1.29, 1.82) is 0 Å². The zero-order valence-corrected chi connectivity index (χ0v) is 31.5. The molecule has 9 nitrogen and oxygen atoms in total. The number of aryl methyl sites for hydroxylation is 2. The third-order valence-corrected chi connectivity index (χ3v) is 10.7. The van der Waals surface area contributed by atoms with E-state index >= 15 is 0 Å². The number of aromatic nitrogens is 1. The first-order valence-electron chi connectivity index (χ1n) is 18.6. The first-order chi connectivity index (χ1) is 24.8. The summed E-state index contributed by atoms with van der Waals surface area (Å²) in [6.07, 6.45) is 6.20. The van der Waals surface area contributed by atoms with Crippen molar-refractivity contribution in [3.8, 4) is 28.7 Å². The standard InChI is InChI=1S/C43H50N2O7/c1-26-22-27(2)44-40(49-25-30-12-9-8-10-13-30)33(26)24-45-20-19-32-36(41(45)47)28(3)38-39(37(32)34-14-11-21-48-34)52-43(7,51-38)31-17-15-29(16-18-31)23-35(46)50-42(4,5)6/h8-14,21-22,29,31H,15-20,23-25H2,1-7H3. The summed E-state index contributed by atoms with van der Waals surface area (Å²) < 4.78 is 31.5. The molecule has 0 N–H and O–H groups in total. The van der Waals surface area contributed by atoms with Gasteiger partial charge in [0.25, 0.3) is 11.7 Å². The zero-order valence-electron chi connectivity index (χ0n) is 31.5. The number of carbonyl (C=O) groups excluding carboxylic acids is 2. The summed E-state index contributed by atoms with van der Waals surface area (Å²) in [6.45, 7) is 15.0. The van der Waals surface area contributed by atoms with Gasteiger partial charge < -0.3 is 28.3 Å². The van der Waals surface area contributed by atoms with E-state index in [9.17, 15) is 9.59 Å². The maximum atomic E-state index is 14.6. The molecule has 4 heterocycles. The number of pyridine rings is 1. The molecular formula is C43H50N2O7. The van der Waals surface area contributed by atoms with Crippen molar-refractivity contribution in [2.45, 2.75) is 112 Å². The monoisotopic (exact) mass is 706 g/mol. The van der Waals surface area contributed by atoms with Crippen LogP contribution in [-0.2, 0) is 29.1 Å². The van der Waals surface area contributed by atoms with Crippen LogP contribution in [0.2, 0.25) is 0 Å². The Morgan fingerprint density at radius 2 is 1.71 bits per heavy atom. The molecule has 2 aliphatic heterocycles. The van der Waals surface area contributed by atoms with E-state index in [1.54, 1.807) is 6.26 Å². The molecule has 2 aromatic carbocycles. The number of nitrogens with zero attached hydrogens (tertiary/aromatic N) is 2. The second-order valence-electron chi connectivity index (χ2n) is 15.8. The van der Waals surface area contributed by atoms with Crippen molar-refractivity contribution in [1.82, 2.24) is 9.88 Å². The van der Waals surface area contributed by atoms with Gasteiger partial charge in [0.05, 0.1) is 23.9 Å². The van der Waals surface area contributed by atoms with Gasteiger partial charge in [-0.3, -0.25) is 9.59 Å². The molecule has 0 radical (unpaired) electrons. The third kappa shape index (κ3) is 7.14. The predicted molar refractivity (Wildman–Crippen MR) is 197 cm³/mol. The summed E-state index contributed by atoms with van der Waals surface area (Å²) in [4.78, 5) is 33.8. The molecule has 1 atom stereocenters. The lowest BCUT2D eigenvalue weighted by atomic mass is 9.77. The molecule has 0 saturated heterocycles. The molecule has 7 rings (SSSR count). The Labute approximate surface area is 306 Å². The van der Waals surface area contributed by atoms with Gasteiger partial charge in [0.2, 0.25) is 5.88 Å². The minimum Gasteiger partial charge on any atom is -0.473 e. The van der Waals surface area contributed by atoms with Gasteiger partial charge in [-0.25, -0.2) is 4.98 Å². The van der Waals surface area contributed by atoms with E-state index in [0.29, 0.717) is 61.2 Å². The molecular weight excluding hydrogens is 656 g/mol. The number of furan rings is 1. The summed E-state index contributed by atoms with van der Waals surface area (Å²) in [7, 11) is 0. The topological polar surface area (TPSA) is 100 Å². The average Bonchev–Trinajstić information content (AvgIpc) is 3.75. The SMILES string of the molecule is Cc1cc(C)c(CN2CCc3c(c(C)c4c(c3-c3ccco3)OC(C)(C3CCC(CC(=O)OC(C)(C)C)CC3)O4)C2=O)c(OCc2ccccc2)n1. The largest absolute Gasteiger partial charge is 0.473 e. The molecule has 1 amide bonds. The molecule has 1 aliphatic carbocycles. The molecule has 0 spiro atoms. The number of benzene rings is 2. The molecule has 9 heteroatoms. The van der Waals surface area contributed by atoms with Crippen LogP contribution in [0.15, 0.2) is 59.2 Å². The van der Waals surface area contributed by atoms with Gasteiger partial charge >= 0.3 is 5.97 Å². The van der Waals surface area contributed by atoms with Crippen LogP contribution in [0, 0.1) is 32.6 Å². The lowest BCUT2D eigenvalue weighted by molar-refractivity contribution is -0.157. The Morgan fingerprint density at radius 3 is 2.40 bits per heavy atom. The van der Waals surface area contributed by atoms with Crippen LogP contribution in [0.3, 0.4) is 0 Å². The van der Waals surface area contributed by atoms with Crippen molar-refractivity contribution >= 4 is 11.9 Å². The molecule has 2 aromatic heterocycles. The number of esters is 1. The van der Waals surface area contributed by atoms with Crippen molar-refractivity contribution in [2.24, 2.45) is 11.8 Å². The summed E-state index contributed by atoms with van der Waals surface area (Å²) >= 11 is 0. The van der Waals surface area contributed by atoms with Crippen molar-refractivity contribution < 1.29 is 33.0 Å². The van der Waals surface area contributed by atoms with Crippen LogP contribution in [0.25, 0.3) is 11.3 Å². The molecule has 1 fully saturated rings. The highest BCUT2D eigenvalue weighted by Crippen LogP contribution is 2.55. The number of hydrogen-bond donors (Lipinski definition) is 0. The predicted octanol–water partition coefficient (Wildman–Crippen LogP) is 9.07. The van der Waals surface area contributed by atoms with E-state index in [-0.39, 0.29) is 23.7 Å². The highest BCUT2D eigenvalue weighted by molar-refractivity contribution is 6.02. The van der Waals surface area contributed by atoms with E-state index in [2.05, 4.69) is 0 Å². The van der Waals surface area contributed by atoms with Crippen LogP contribution < -0.4 is 14.2 Å². The molecule has 52 heavy (non-hydrogen) atoms. The first kappa shape index (κ1) is 35.6. The van der Waals surface area contributed by atoms with Crippen LogP contribution in [0.1, 0.15) is 104 Å². The van der Waals surface area contributed by atoms with Gasteiger partial charge in [-0.2, -0.15) is 0 Å². The van der Waals surface area contributed by atoms with E-state index < -0.39 is 11.4 Å². The molecule has 1 saturated carbocycles. The average molecular weight is 707 g/mol. The van der Waals surface area contributed by atoms with Crippen LogP contribution in [0.5, 0.6) is 17.4 Å². The van der Waals surface area contributed by atoms with E-state index in [0.717, 1.165) is 64.8 Å². The number of fused-ring (bicyclic) bond motifs is 2. The minimum absolute atomic E-state index is 0.0665. The Bertz CT molecular complexity index is 1960. The minimum atomic E-state index is -0.923. The van der Waals surface area contributed by atoms with Crippen LogP contribution in [-0.4, -0.2) is 39.7 Å². The Hall–Kier alpha value is -4.79. The lowest BCUT2D eigenvalue weighted by Gasteiger charge is -2.37. The molecule has 0 bridgehead atoms. The number of amides is 1. The molecule has 4 aromatic rings. The smallest absolute Gasteiger partial charge is 0.306 e. The quantitative estimate of drug-likeness (QED) is 0.159. The van der Waals surface area contributed by atoms with Gasteiger partial charge in [0.1, 0.15) is 18.0 Å². The number of ether oxygens (including phenoxy) is 4. The van der Waals surface area contributed by atoms with E-state index in [1.807, 2.05) is 102 Å². The number of hydrogen-bond acceptors (Lipinski definition) is 8. The second-order valence-corrected chi connectivity index (χ2v) is 15.8. The maximum absolute atomic E-state index is 14.6. The Kier molecular flexibility index (Phi) is 9.57. The second kappa shape index (κ2) is 14.0. The third-order valence-electron chi connectivity index (χ3n) is 10.7. The normalized spacial score (nSPS) is 21.2. The van der Waals surface area contributed by atoms with Crippen molar-refractivity contribution in [2.75, 3.05) is 6.54 Å². The fraction of sp³-hybridized carbons (Fsp3) is 0.465. The van der Waals surface area contributed by atoms with E-state index in [4.69, 9.17) is 28.3 Å². The molecule has 1 unspecified atom stereocenters. The fourth-order valence-corrected chi connectivity index (χ4v) is 8.14. The van der Waals surface area contributed by atoms with Gasteiger partial charge in [-0.15, -0.1) is 0 Å². The van der Waals surface area contributed by atoms with Gasteiger partial charge in [-0.1, -0.05) is 30.3 Å². The highest BCUT2D eigenvalue weighted by Gasteiger charge is 2.49. The Morgan fingerprint density at radius 1 is 0.981 bits per heavy atom. The van der Waals surface area contributed by atoms with E-state index in [1.165, 1.54) is 0 Å². The summed E-state index contributed by atoms with van der Waals surface area (Å²) in [5, 5.41) is 0. The van der Waals surface area contributed by atoms with Crippen molar-refractivity contribution in [3.05, 3.63) is 93.9 Å².